The Bertz CT molecular complexity index is 695. The van der Waals surface area contributed by atoms with Gasteiger partial charge in [-0.15, -0.1) is 0 Å². The molecular weight excluding hydrogens is 274 g/mol. The van der Waals surface area contributed by atoms with Gasteiger partial charge in [-0.3, -0.25) is 4.79 Å². The molecule has 0 N–H and O–H groups in total. The summed E-state index contributed by atoms with van der Waals surface area (Å²) in [5.74, 6) is 0.825. The van der Waals surface area contributed by atoms with Crippen molar-refractivity contribution >= 4 is 5.78 Å². The Morgan fingerprint density at radius 2 is 2.05 bits per heavy atom. The number of rotatable bonds is 6. The normalized spacial score (nSPS) is 14.1. The summed E-state index contributed by atoms with van der Waals surface area (Å²) in [5, 5.41) is 0. The van der Waals surface area contributed by atoms with Gasteiger partial charge in [-0.05, 0) is 56.9 Å². The average Bonchev–Trinajstić information content (AvgIpc) is 3.30. The van der Waals surface area contributed by atoms with Gasteiger partial charge in [0.25, 0.3) is 0 Å². The first-order chi connectivity index (χ1) is 10.6. The van der Waals surface area contributed by atoms with E-state index in [-0.39, 0.29) is 12.4 Å². The van der Waals surface area contributed by atoms with Crippen LogP contribution in [-0.2, 0) is 6.42 Å². The van der Waals surface area contributed by atoms with E-state index in [0.29, 0.717) is 6.04 Å². The topological polar surface area (TPSA) is 31.2 Å². The van der Waals surface area contributed by atoms with Crippen molar-refractivity contribution in [1.29, 1.82) is 0 Å². The molecule has 3 nitrogen and oxygen atoms in total. The Labute approximate surface area is 131 Å². The number of hydrogen-bond acceptors (Lipinski definition) is 2. The van der Waals surface area contributed by atoms with Crippen LogP contribution in [0.4, 0.5) is 0 Å². The molecule has 22 heavy (non-hydrogen) atoms. The summed E-state index contributed by atoms with van der Waals surface area (Å²) < 4.78 is 7.98. The number of aromatic nitrogens is 1. The van der Waals surface area contributed by atoms with E-state index in [9.17, 15) is 4.79 Å². The van der Waals surface area contributed by atoms with Gasteiger partial charge in [0.1, 0.15) is 5.75 Å². The Morgan fingerprint density at radius 3 is 2.73 bits per heavy atom. The summed E-state index contributed by atoms with van der Waals surface area (Å²) in [6.07, 6.45) is 3.42. The molecule has 0 atom stereocenters. The third-order valence-electron chi connectivity index (χ3n) is 4.37. The summed E-state index contributed by atoms with van der Waals surface area (Å²) in [6.45, 7) is 6.32. The van der Waals surface area contributed by atoms with Crippen molar-refractivity contribution in [3.05, 3.63) is 52.8 Å². The highest BCUT2D eigenvalue weighted by atomic mass is 16.5. The van der Waals surface area contributed by atoms with Crippen molar-refractivity contribution in [2.75, 3.05) is 6.61 Å². The maximum Gasteiger partial charge on any atom is 0.202 e. The number of carbonyl (C=O) groups excluding carboxylic acids is 1. The SMILES string of the molecule is CCc1cccc(OCC(=O)c2cc(C)n(C3CC3)c2C)c1. The molecule has 1 fully saturated rings. The van der Waals surface area contributed by atoms with Crippen molar-refractivity contribution in [3.8, 4) is 5.75 Å². The third-order valence-corrected chi connectivity index (χ3v) is 4.37. The highest BCUT2D eigenvalue weighted by molar-refractivity contribution is 5.98. The van der Waals surface area contributed by atoms with Crippen LogP contribution in [0.3, 0.4) is 0 Å². The van der Waals surface area contributed by atoms with Gasteiger partial charge in [-0.1, -0.05) is 19.1 Å². The minimum absolute atomic E-state index is 0.0573. The summed E-state index contributed by atoms with van der Waals surface area (Å²) in [5.41, 5.74) is 4.28. The molecule has 116 valence electrons. The lowest BCUT2D eigenvalue weighted by molar-refractivity contribution is 0.0920. The van der Waals surface area contributed by atoms with E-state index in [2.05, 4.69) is 24.5 Å². The molecule has 1 aromatic heterocycles. The van der Waals surface area contributed by atoms with E-state index >= 15 is 0 Å². The number of benzene rings is 1. The van der Waals surface area contributed by atoms with E-state index in [4.69, 9.17) is 4.74 Å². The standard InChI is InChI=1S/C19H23NO2/c1-4-15-6-5-7-17(11-15)22-12-19(21)18-10-13(2)20(14(18)3)16-8-9-16/h5-7,10-11,16H,4,8-9,12H2,1-3H3. The molecule has 0 bridgehead atoms. The lowest BCUT2D eigenvalue weighted by Gasteiger charge is -2.09. The van der Waals surface area contributed by atoms with Crippen molar-refractivity contribution < 1.29 is 9.53 Å². The second kappa shape index (κ2) is 5.99. The molecule has 0 saturated heterocycles. The molecule has 1 aliphatic rings. The first-order valence-electron chi connectivity index (χ1n) is 8.03. The van der Waals surface area contributed by atoms with Gasteiger partial charge in [0.15, 0.2) is 6.61 Å². The predicted octanol–water partition coefficient (Wildman–Crippen LogP) is 4.26. The number of hydrogen-bond donors (Lipinski definition) is 0. The maximum absolute atomic E-state index is 12.5. The van der Waals surface area contributed by atoms with Gasteiger partial charge in [0.05, 0.1) is 0 Å². The molecule has 1 aliphatic carbocycles. The zero-order valence-corrected chi connectivity index (χ0v) is 13.6. The monoisotopic (exact) mass is 297 g/mol. The van der Waals surface area contributed by atoms with Crippen LogP contribution in [0.2, 0.25) is 0 Å². The van der Waals surface area contributed by atoms with E-state index < -0.39 is 0 Å². The molecule has 1 heterocycles. The molecule has 3 heteroatoms. The van der Waals surface area contributed by atoms with Crippen molar-refractivity contribution in [2.24, 2.45) is 0 Å². The quantitative estimate of drug-likeness (QED) is 0.746. The minimum atomic E-state index is 0.0573. The zero-order valence-electron chi connectivity index (χ0n) is 13.6. The molecule has 0 amide bonds. The molecule has 0 spiro atoms. The van der Waals surface area contributed by atoms with Crippen LogP contribution in [0.15, 0.2) is 30.3 Å². The van der Waals surface area contributed by atoms with Crippen LogP contribution in [0.5, 0.6) is 5.75 Å². The van der Waals surface area contributed by atoms with Crippen LogP contribution in [0.25, 0.3) is 0 Å². The Morgan fingerprint density at radius 1 is 1.27 bits per heavy atom. The van der Waals surface area contributed by atoms with Crippen LogP contribution in [-0.4, -0.2) is 17.0 Å². The second-order valence-electron chi connectivity index (χ2n) is 6.10. The first kappa shape index (κ1) is 14.9. The van der Waals surface area contributed by atoms with Gasteiger partial charge >= 0.3 is 0 Å². The number of aryl methyl sites for hydroxylation is 2. The number of ketones is 1. The average molecular weight is 297 g/mol. The van der Waals surface area contributed by atoms with Crippen LogP contribution in [0.1, 0.15) is 53.1 Å². The molecule has 1 aromatic carbocycles. The number of Topliss-reactive ketones (excluding diaryl/α,β-unsaturated/α-hetero) is 1. The molecule has 0 unspecified atom stereocenters. The largest absolute Gasteiger partial charge is 0.485 e. The summed E-state index contributed by atoms with van der Waals surface area (Å²) in [4.78, 5) is 12.5. The van der Waals surface area contributed by atoms with Gasteiger partial charge in [0.2, 0.25) is 5.78 Å². The fourth-order valence-electron chi connectivity index (χ4n) is 3.04. The maximum atomic E-state index is 12.5. The fourth-order valence-corrected chi connectivity index (χ4v) is 3.04. The Balaban J connectivity index is 1.70. The third kappa shape index (κ3) is 2.94. The second-order valence-corrected chi connectivity index (χ2v) is 6.10. The summed E-state index contributed by atoms with van der Waals surface area (Å²) in [6, 6.07) is 10.5. The lowest BCUT2D eigenvalue weighted by Crippen LogP contribution is -2.13. The lowest BCUT2D eigenvalue weighted by atomic mass is 10.1. The summed E-state index contributed by atoms with van der Waals surface area (Å²) >= 11 is 0. The molecule has 0 aliphatic heterocycles. The van der Waals surface area contributed by atoms with E-state index in [0.717, 1.165) is 23.4 Å². The van der Waals surface area contributed by atoms with Crippen molar-refractivity contribution in [1.82, 2.24) is 4.57 Å². The van der Waals surface area contributed by atoms with Crippen molar-refractivity contribution in [2.45, 2.75) is 46.1 Å². The Hall–Kier alpha value is -2.03. The van der Waals surface area contributed by atoms with Crippen LogP contribution >= 0.6 is 0 Å². The Kier molecular flexibility index (Phi) is 4.06. The van der Waals surface area contributed by atoms with Crippen molar-refractivity contribution in [3.63, 3.8) is 0 Å². The van der Waals surface area contributed by atoms with E-state index in [1.807, 2.05) is 31.2 Å². The van der Waals surface area contributed by atoms with E-state index in [1.165, 1.54) is 24.1 Å². The number of ether oxygens (including phenoxy) is 1. The molecular formula is C19H23NO2. The minimum Gasteiger partial charge on any atom is -0.485 e. The molecule has 2 aromatic rings. The zero-order chi connectivity index (χ0) is 15.7. The molecule has 0 radical (unpaired) electrons. The molecule has 1 saturated carbocycles. The van der Waals surface area contributed by atoms with Crippen LogP contribution in [0, 0.1) is 13.8 Å². The fraction of sp³-hybridized carbons (Fsp3) is 0.421. The predicted molar refractivity (Wildman–Crippen MR) is 87.8 cm³/mol. The first-order valence-corrected chi connectivity index (χ1v) is 8.03. The van der Waals surface area contributed by atoms with Gasteiger partial charge in [-0.25, -0.2) is 0 Å². The van der Waals surface area contributed by atoms with Crippen LogP contribution < -0.4 is 4.74 Å². The number of carbonyl (C=O) groups is 1. The smallest absolute Gasteiger partial charge is 0.202 e. The van der Waals surface area contributed by atoms with Gasteiger partial charge in [0, 0.05) is 23.0 Å². The van der Waals surface area contributed by atoms with Gasteiger partial charge < -0.3 is 9.30 Å². The highest BCUT2D eigenvalue weighted by Crippen LogP contribution is 2.38. The number of nitrogens with zero attached hydrogens (tertiary/aromatic N) is 1. The highest BCUT2D eigenvalue weighted by Gasteiger charge is 2.28. The summed E-state index contributed by atoms with van der Waals surface area (Å²) in [7, 11) is 0. The van der Waals surface area contributed by atoms with E-state index in [1.54, 1.807) is 0 Å². The van der Waals surface area contributed by atoms with Gasteiger partial charge in [-0.2, -0.15) is 0 Å². The molecule has 3 rings (SSSR count).